The fraction of sp³-hybridized carbons (Fsp3) is 0.167. The highest BCUT2D eigenvalue weighted by Crippen LogP contribution is 2.30. The first kappa shape index (κ1) is 24.3. The lowest BCUT2D eigenvalue weighted by Gasteiger charge is -2.23. The van der Waals surface area contributed by atoms with E-state index in [0.717, 1.165) is 15.4 Å². The van der Waals surface area contributed by atoms with Crippen LogP contribution in [0.15, 0.2) is 77.7 Å². The van der Waals surface area contributed by atoms with Gasteiger partial charge in [0.1, 0.15) is 10.6 Å². The number of benzene rings is 3. The van der Waals surface area contributed by atoms with Gasteiger partial charge in [0.15, 0.2) is 0 Å². The number of hydrogen-bond acceptors (Lipinski definition) is 5. The van der Waals surface area contributed by atoms with E-state index in [1.807, 2.05) is 6.07 Å². The monoisotopic (exact) mass is 483 g/mol. The molecule has 0 saturated carbocycles. The lowest BCUT2D eigenvalue weighted by Crippen LogP contribution is -2.37. The maximum Gasteiger partial charge on any atom is 0.247 e. The number of carbonyl (C=O) groups is 1. The van der Waals surface area contributed by atoms with Gasteiger partial charge < -0.3 is 10.1 Å². The molecule has 0 aliphatic rings. The number of sulfonamides is 1. The molecule has 9 heteroatoms. The van der Waals surface area contributed by atoms with Crippen LogP contribution in [0.3, 0.4) is 0 Å². The molecule has 0 atom stereocenters. The molecule has 0 bridgehead atoms. The van der Waals surface area contributed by atoms with Crippen molar-refractivity contribution in [3.63, 3.8) is 0 Å². The predicted octanol–water partition coefficient (Wildman–Crippen LogP) is 4.24. The average Bonchev–Trinajstić information content (AvgIpc) is 2.81. The fourth-order valence-corrected chi connectivity index (χ4v) is 4.96. The highest BCUT2D eigenvalue weighted by molar-refractivity contribution is 7.89. The van der Waals surface area contributed by atoms with Crippen LogP contribution in [0.2, 0.25) is 5.02 Å². The van der Waals surface area contributed by atoms with E-state index in [1.165, 1.54) is 25.3 Å². The molecule has 0 unspecified atom stereocenters. The molecule has 7 nitrogen and oxygen atoms in total. The van der Waals surface area contributed by atoms with Crippen LogP contribution in [-0.4, -0.2) is 32.3 Å². The first-order valence-electron chi connectivity index (χ1n) is 9.97. The number of rotatable bonds is 9. The van der Waals surface area contributed by atoms with E-state index < -0.39 is 22.5 Å². The van der Waals surface area contributed by atoms with Gasteiger partial charge in [-0.15, -0.1) is 0 Å². The van der Waals surface area contributed by atoms with Gasteiger partial charge in [-0.2, -0.15) is 9.57 Å². The van der Waals surface area contributed by atoms with Gasteiger partial charge in [-0.25, -0.2) is 8.42 Å². The molecule has 3 aromatic carbocycles. The molecule has 0 saturated heterocycles. The van der Waals surface area contributed by atoms with Crippen molar-refractivity contribution < 1.29 is 17.9 Å². The Hall–Kier alpha value is -3.38. The van der Waals surface area contributed by atoms with Crippen molar-refractivity contribution in [2.45, 2.75) is 17.9 Å². The van der Waals surface area contributed by atoms with E-state index in [1.54, 1.807) is 48.5 Å². The normalized spacial score (nSPS) is 11.1. The van der Waals surface area contributed by atoms with Crippen LogP contribution in [0.1, 0.15) is 11.1 Å². The van der Waals surface area contributed by atoms with E-state index in [0.29, 0.717) is 5.69 Å². The number of methoxy groups -OCH3 is 1. The zero-order valence-corrected chi connectivity index (χ0v) is 19.4. The smallest absolute Gasteiger partial charge is 0.247 e. The second-order valence-corrected chi connectivity index (χ2v) is 9.48. The zero-order chi connectivity index (χ0) is 23.8. The molecule has 0 radical (unpaired) electrons. The molecule has 0 aliphatic heterocycles. The fourth-order valence-electron chi connectivity index (χ4n) is 3.16. The Bertz CT molecular complexity index is 1260. The molecule has 0 spiro atoms. The molecule has 1 N–H and O–H groups in total. The van der Waals surface area contributed by atoms with Crippen molar-refractivity contribution >= 4 is 33.2 Å². The maximum atomic E-state index is 13.5. The van der Waals surface area contributed by atoms with Gasteiger partial charge in [-0.05, 0) is 41.5 Å². The number of nitrogens with one attached hydrogen (secondary N) is 1. The SMILES string of the molecule is COc1ccc(Cl)cc1S(=O)(=O)N(CC(=O)Nc1ccc(CC#N)cc1)Cc1ccccc1. The van der Waals surface area contributed by atoms with Crippen LogP contribution in [-0.2, 0) is 27.8 Å². The standard InChI is InChI=1S/C24H22ClN3O4S/c1-32-22-12-9-20(25)15-23(22)33(30,31)28(16-19-5-3-2-4-6-19)17-24(29)27-21-10-7-18(8-11-21)13-14-26/h2-12,15H,13,16-17H2,1H3,(H,27,29). The summed E-state index contributed by atoms with van der Waals surface area (Å²) in [6.07, 6.45) is 0.263. The lowest BCUT2D eigenvalue weighted by atomic mass is 10.1. The van der Waals surface area contributed by atoms with E-state index in [9.17, 15) is 13.2 Å². The third-order valence-corrected chi connectivity index (χ3v) is 6.83. The van der Waals surface area contributed by atoms with Crippen LogP contribution in [0.5, 0.6) is 5.75 Å². The summed E-state index contributed by atoms with van der Waals surface area (Å²) < 4.78 is 33.4. The summed E-state index contributed by atoms with van der Waals surface area (Å²) in [4.78, 5) is 12.7. The first-order chi connectivity index (χ1) is 15.8. The number of halogens is 1. The van der Waals surface area contributed by atoms with Crippen LogP contribution < -0.4 is 10.1 Å². The summed E-state index contributed by atoms with van der Waals surface area (Å²) in [5.74, 6) is -0.380. The van der Waals surface area contributed by atoms with E-state index in [-0.39, 0.29) is 28.6 Å². The molecule has 3 rings (SSSR count). The van der Waals surface area contributed by atoms with Crippen molar-refractivity contribution in [3.05, 3.63) is 88.9 Å². The van der Waals surface area contributed by atoms with Gasteiger partial charge in [0, 0.05) is 17.3 Å². The highest BCUT2D eigenvalue weighted by Gasteiger charge is 2.30. The topological polar surface area (TPSA) is 99.5 Å². The van der Waals surface area contributed by atoms with Crippen LogP contribution in [0, 0.1) is 11.3 Å². The Kier molecular flexibility index (Phi) is 8.06. The van der Waals surface area contributed by atoms with Crippen LogP contribution in [0.4, 0.5) is 5.69 Å². The summed E-state index contributed by atoms with van der Waals surface area (Å²) in [5, 5.41) is 11.7. The minimum absolute atomic E-state index is 0.0205. The van der Waals surface area contributed by atoms with Crippen molar-refractivity contribution in [1.82, 2.24) is 4.31 Å². The number of amides is 1. The lowest BCUT2D eigenvalue weighted by molar-refractivity contribution is -0.116. The number of nitrogens with zero attached hydrogens (tertiary/aromatic N) is 2. The number of carbonyl (C=O) groups excluding carboxylic acids is 1. The second-order valence-electron chi connectivity index (χ2n) is 7.13. The van der Waals surface area contributed by atoms with Gasteiger partial charge in [0.05, 0.1) is 26.1 Å². The Morgan fingerprint density at radius 3 is 2.39 bits per heavy atom. The summed E-state index contributed by atoms with van der Waals surface area (Å²) in [7, 11) is -2.77. The predicted molar refractivity (Wildman–Crippen MR) is 126 cm³/mol. The first-order valence-corrected chi connectivity index (χ1v) is 11.8. The van der Waals surface area contributed by atoms with Gasteiger partial charge in [-0.1, -0.05) is 54.1 Å². The molecule has 0 aliphatic carbocycles. The largest absolute Gasteiger partial charge is 0.495 e. The van der Waals surface area contributed by atoms with E-state index in [4.69, 9.17) is 21.6 Å². The highest BCUT2D eigenvalue weighted by atomic mass is 35.5. The molecule has 3 aromatic rings. The Balaban J connectivity index is 1.89. The maximum absolute atomic E-state index is 13.5. The molecular formula is C24H22ClN3O4S. The summed E-state index contributed by atoms with van der Waals surface area (Å²) in [6, 6.07) is 22.1. The van der Waals surface area contributed by atoms with Crippen LogP contribution >= 0.6 is 11.6 Å². The summed E-state index contributed by atoms with van der Waals surface area (Å²) in [5.41, 5.74) is 2.03. The van der Waals surface area contributed by atoms with E-state index in [2.05, 4.69) is 11.4 Å². The number of hydrogen-bond donors (Lipinski definition) is 1. The van der Waals surface area contributed by atoms with E-state index >= 15 is 0 Å². The summed E-state index contributed by atoms with van der Waals surface area (Å²) >= 11 is 6.06. The van der Waals surface area contributed by atoms with Gasteiger partial charge in [0.2, 0.25) is 15.9 Å². The molecular weight excluding hydrogens is 462 g/mol. The Morgan fingerprint density at radius 2 is 1.76 bits per heavy atom. The van der Waals surface area contributed by atoms with Crippen molar-refractivity contribution in [3.8, 4) is 11.8 Å². The van der Waals surface area contributed by atoms with Crippen molar-refractivity contribution in [2.24, 2.45) is 0 Å². The minimum Gasteiger partial charge on any atom is -0.495 e. The number of ether oxygens (including phenoxy) is 1. The average molecular weight is 484 g/mol. The van der Waals surface area contributed by atoms with Gasteiger partial charge in [0.25, 0.3) is 0 Å². The van der Waals surface area contributed by atoms with Crippen LogP contribution in [0.25, 0.3) is 0 Å². The molecule has 1 amide bonds. The molecule has 0 fully saturated rings. The molecule has 33 heavy (non-hydrogen) atoms. The number of anilines is 1. The molecule has 0 heterocycles. The third kappa shape index (κ3) is 6.33. The molecule has 0 aromatic heterocycles. The minimum atomic E-state index is -4.14. The van der Waals surface area contributed by atoms with Crippen molar-refractivity contribution in [2.75, 3.05) is 19.0 Å². The van der Waals surface area contributed by atoms with Gasteiger partial charge >= 0.3 is 0 Å². The third-order valence-electron chi connectivity index (χ3n) is 4.79. The number of nitriles is 1. The second kappa shape index (κ2) is 11.0. The summed E-state index contributed by atoms with van der Waals surface area (Å²) in [6.45, 7) is -0.444. The molecule has 170 valence electrons. The van der Waals surface area contributed by atoms with Gasteiger partial charge in [-0.3, -0.25) is 4.79 Å². The van der Waals surface area contributed by atoms with Crippen molar-refractivity contribution in [1.29, 1.82) is 5.26 Å². The Labute approximate surface area is 198 Å². The quantitative estimate of drug-likeness (QED) is 0.490. The Morgan fingerprint density at radius 1 is 1.06 bits per heavy atom. The zero-order valence-electron chi connectivity index (χ0n) is 17.9.